The SMILES string of the molecule is CCCCCCCCCC(C)CCCCCCCC(=O)OC(CC(=O)O)C[N+](C)(C)C. The van der Waals surface area contributed by atoms with E-state index in [1.165, 1.54) is 70.6 Å². The maximum atomic E-state index is 12.1. The van der Waals surface area contributed by atoms with E-state index in [4.69, 9.17) is 9.84 Å². The van der Waals surface area contributed by atoms with Crippen LogP contribution in [0.5, 0.6) is 0 Å². The van der Waals surface area contributed by atoms with E-state index in [1.54, 1.807) is 0 Å². The average molecular weight is 443 g/mol. The van der Waals surface area contributed by atoms with Crippen LogP contribution < -0.4 is 0 Å². The van der Waals surface area contributed by atoms with Crippen molar-refractivity contribution in [1.29, 1.82) is 0 Å². The molecule has 0 rings (SSSR count). The number of carboxylic acids is 1. The summed E-state index contributed by atoms with van der Waals surface area (Å²) in [5, 5.41) is 9.03. The minimum atomic E-state index is -0.924. The Labute approximate surface area is 192 Å². The van der Waals surface area contributed by atoms with Crippen molar-refractivity contribution in [1.82, 2.24) is 0 Å². The molecule has 0 bridgehead atoms. The van der Waals surface area contributed by atoms with Crippen LogP contribution in [0.4, 0.5) is 0 Å². The van der Waals surface area contributed by atoms with Gasteiger partial charge in [-0.1, -0.05) is 97.3 Å². The number of nitrogens with zero attached hydrogens (tertiary/aromatic N) is 1. The van der Waals surface area contributed by atoms with Crippen LogP contribution in [0.2, 0.25) is 0 Å². The number of hydrogen-bond acceptors (Lipinski definition) is 3. The number of ether oxygens (including phenoxy) is 1. The fraction of sp³-hybridized carbons (Fsp3) is 0.923. The van der Waals surface area contributed by atoms with Gasteiger partial charge in [0.1, 0.15) is 6.54 Å². The van der Waals surface area contributed by atoms with E-state index < -0.39 is 12.1 Å². The lowest BCUT2D eigenvalue weighted by Crippen LogP contribution is -2.43. The Balaban J connectivity index is 3.69. The van der Waals surface area contributed by atoms with Crippen LogP contribution in [-0.2, 0) is 14.3 Å². The van der Waals surface area contributed by atoms with Crippen molar-refractivity contribution in [3.8, 4) is 0 Å². The summed E-state index contributed by atoms with van der Waals surface area (Å²) in [5.74, 6) is -0.353. The molecule has 5 nitrogen and oxygen atoms in total. The number of carboxylic acid groups (broad SMARTS) is 1. The summed E-state index contributed by atoms with van der Waals surface area (Å²) in [4.78, 5) is 23.1. The van der Waals surface area contributed by atoms with Crippen molar-refractivity contribution < 1.29 is 23.9 Å². The Bertz CT molecular complexity index is 459. The Kier molecular flexibility index (Phi) is 17.8. The smallest absolute Gasteiger partial charge is 0.307 e. The fourth-order valence-electron chi connectivity index (χ4n) is 4.08. The number of rotatable bonds is 21. The molecule has 0 amide bonds. The maximum absolute atomic E-state index is 12.1. The van der Waals surface area contributed by atoms with E-state index in [-0.39, 0.29) is 12.4 Å². The molecule has 31 heavy (non-hydrogen) atoms. The van der Waals surface area contributed by atoms with Crippen molar-refractivity contribution in [2.24, 2.45) is 5.92 Å². The van der Waals surface area contributed by atoms with Crippen molar-refractivity contribution in [2.75, 3.05) is 27.7 Å². The lowest BCUT2D eigenvalue weighted by Gasteiger charge is -2.28. The Hall–Kier alpha value is -1.10. The second-order valence-electron chi connectivity index (χ2n) is 10.5. The highest BCUT2D eigenvalue weighted by Gasteiger charge is 2.24. The lowest BCUT2D eigenvalue weighted by molar-refractivity contribution is -0.873. The topological polar surface area (TPSA) is 63.6 Å². The van der Waals surface area contributed by atoms with Crippen LogP contribution in [0.1, 0.15) is 117 Å². The first kappa shape index (κ1) is 29.9. The number of unbranched alkanes of at least 4 members (excludes halogenated alkanes) is 10. The van der Waals surface area contributed by atoms with Gasteiger partial charge in [-0.05, 0) is 12.3 Å². The van der Waals surface area contributed by atoms with E-state index in [0.29, 0.717) is 17.4 Å². The quantitative estimate of drug-likeness (QED) is 0.124. The Morgan fingerprint density at radius 1 is 0.806 bits per heavy atom. The Morgan fingerprint density at radius 3 is 1.77 bits per heavy atom. The van der Waals surface area contributed by atoms with Gasteiger partial charge in [0, 0.05) is 6.42 Å². The summed E-state index contributed by atoms with van der Waals surface area (Å²) in [7, 11) is 5.91. The number of carbonyl (C=O) groups excluding carboxylic acids is 1. The average Bonchev–Trinajstić information content (AvgIpc) is 2.64. The normalized spacial score (nSPS) is 13.7. The van der Waals surface area contributed by atoms with Crippen LogP contribution in [0.15, 0.2) is 0 Å². The van der Waals surface area contributed by atoms with E-state index in [2.05, 4.69) is 13.8 Å². The van der Waals surface area contributed by atoms with Gasteiger partial charge >= 0.3 is 11.9 Å². The van der Waals surface area contributed by atoms with Crippen molar-refractivity contribution >= 4 is 11.9 Å². The molecular weight excluding hydrogens is 390 g/mol. The van der Waals surface area contributed by atoms with E-state index in [0.717, 1.165) is 25.2 Å². The van der Waals surface area contributed by atoms with Crippen LogP contribution in [0.25, 0.3) is 0 Å². The number of hydrogen-bond donors (Lipinski definition) is 1. The second-order valence-corrected chi connectivity index (χ2v) is 10.5. The monoisotopic (exact) mass is 442 g/mol. The molecular formula is C26H52NO4+. The van der Waals surface area contributed by atoms with E-state index in [9.17, 15) is 9.59 Å². The Morgan fingerprint density at radius 2 is 1.29 bits per heavy atom. The van der Waals surface area contributed by atoms with Gasteiger partial charge in [0.15, 0.2) is 6.10 Å². The van der Waals surface area contributed by atoms with Crippen molar-refractivity contribution in [3.63, 3.8) is 0 Å². The molecule has 1 N–H and O–H groups in total. The standard InChI is InChI=1S/C26H51NO4/c1-6-7-8-9-10-12-15-18-23(2)19-16-13-11-14-17-20-26(30)31-24(21-25(28)29)22-27(3,4)5/h23-24H,6-22H2,1-5H3/p+1. The van der Waals surface area contributed by atoms with Crippen molar-refractivity contribution in [2.45, 2.75) is 123 Å². The molecule has 5 heteroatoms. The summed E-state index contributed by atoms with van der Waals surface area (Å²) in [6.07, 6.45) is 17.7. The molecule has 0 saturated carbocycles. The summed E-state index contributed by atoms with van der Waals surface area (Å²) < 4.78 is 6.01. The second kappa shape index (κ2) is 18.5. The zero-order valence-corrected chi connectivity index (χ0v) is 21.3. The lowest BCUT2D eigenvalue weighted by atomic mass is 9.96. The summed E-state index contributed by atoms with van der Waals surface area (Å²) >= 11 is 0. The molecule has 184 valence electrons. The molecule has 0 aromatic rings. The van der Waals surface area contributed by atoms with Crippen LogP contribution >= 0.6 is 0 Å². The molecule has 2 atom stereocenters. The third kappa shape index (κ3) is 21.9. The highest BCUT2D eigenvalue weighted by molar-refractivity contribution is 5.71. The van der Waals surface area contributed by atoms with Gasteiger partial charge in [-0.3, -0.25) is 9.59 Å². The third-order valence-corrected chi connectivity index (χ3v) is 5.83. The molecule has 0 spiro atoms. The minimum Gasteiger partial charge on any atom is -0.481 e. The van der Waals surface area contributed by atoms with Gasteiger partial charge in [0.25, 0.3) is 0 Å². The number of carbonyl (C=O) groups is 2. The van der Waals surface area contributed by atoms with Crippen LogP contribution in [-0.4, -0.2) is 55.3 Å². The van der Waals surface area contributed by atoms with E-state index >= 15 is 0 Å². The zero-order chi connectivity index (χ0) is 23.5. The molecule has 0 aromatic carbocycles. The summed E-state index contributed by atoms with van der Waals surface area (Å²) in [6, 6.07) is 0. The molecule has 0 aliphatic carbocycles. The third-order valence-electron chi connectivity index (χ3n) is 5.83. The largest absolute Gasteiger partial charge is 0.481 e. The van der Waals surface area contributed by atoms with Gasteiger partial charge in [0.2, 0.25) is 0 Å². The summed E-state index contributed by atoms with van der Waals surface area (Å²) in [6.45, 7) is 5.16. The predicted octanol–water partition coefficient (Wildman–Crippen LogP) is 6.59. The number of esters is 1. The molecule has 0 aromatic heterocycles. The minimum absolute atomic E-state index is 0.127. The molecule has 0 aliphatic rings. The molecule has 0 aliphatic heterocycles. The first-order valence-corrected chi connectivity index (χ1v) is 12.9. The fourth-order valence-corrected chi connectivity index (χ4v) is 4.08. The number of likely N-dealkylation sites (N-methyl/N-ethyl adjacent to an activating group) is 1. The number of quaternary nitrogens is 1. The maximum Gasteiger partial charge on any atom is 0.307 e. The molecule has 2 unspecified atom stereocenters. The molecule has 0 heterocycles. The van der Waals surface area contributed by atoms with Crippen LogP contribution in [0.3, 0.4) is 0 Å². The highest BCUT2D eigenvalue weighted by Crippen LogP contribution is 2.19. The first-order valence-electron chi connectivity index (χ1n) is 12.9. The first-order chi connectivity index (χ1) is 14.6. The van der Waals surface area contributed by atoms with Crippen LogP contribution in [0, 0.1) is 5.92 Å². The molecule has 0 saturated heterocycles. The highest BCUT2D eigenvalue weighted by atomic mass is 16.5. The van der Waals surface area contributed by atoms with E-state index in [1.807, 2.05) is 21.1 Å². The summed E-state index contributed by atoms with van der Waals surface area (Å²) in [5.41, 5.74) is 0. The van der Waals surface area contributed by atoms with Gasteiger partial charge in [-0.25, -0.2) is 0 Å². The van der Waals surface area contributed by atoms with Gasteiger partial charge in [0.05, 0.1) is 27.6 Å². The predicted molar refractivity (Wildman–Crippen MR) is 129 cm³/mol. The van der Waals surface area contributed by atoms with Gasteiger partial charge in [-0.15, -0.1) is 0 Å². The number of aliphatic carboxylic acids is 1. The van der Waals surface area contributed by atoms with Gasteiger partial charge < -0.3 is 14.3 Å². The molecule has 0 radical (unpaired) electrons. The molecule has 0 fully saturated rings. The van der Waals surface area contributed by atoms with Gasteiger partial charge in [-0.2, -0.15) is 0 Å². The van der Waals surface area contributed by atoms with Crippen molar-refractivity contribution in [3.05, 3.63) is 0 Å². The zero-order valence-electron chi connectivity index (χ0n) is 21.3.